The van der Waals surface area contributed by atoms with Crippen molar-refractivity contribution >= 4 is 22.6 Å². The van der Waals surface area contributed by atoms with Crippen molar-refractivity contribution in [1.29, 1.82) is 0 Å². The lowest BCUT2D eigenvalue weighted by molar-refractivity contribution is -0.145. The van der Waals surface area contributed by atoms with Gasteiger partial charge in [0.1, 0.15) is 11.8 Å². The minimum atomic E-state index is -0.783. The quantitative estimate of drug-likeness (QED) is 0.642. The van der Waals surface area contributed by atoms with Crippen LogP contribution in [-0.4, -0.2) is 32.1 Å². The van der Waals surface area contributed by atoms with Gasteiger partial charge in [0.25, 0.3) is 0 Å². The third-order valence-corrected chi connectivity index (χ3v) is 4.62. The molecule has 0 unspecified atom stereocenters. The Morgan fingerprint density at radius 3 is 2.39 bits per heavy atom. The standard InChI is InChI=1S/C23H23NO4/c1-27-21-10-6-5-9-19(21)15-20(23(26)28-2)24-22(25)14-16-11-12-17-7-3-4-8-18(17)13-16/h3-13,20H,14-15H2,1-2H3,(H,24,25)/t20-/m0/s1. The highest BCUT2D eigenvalue weighted by Crippen LogP contribution is 2.20. The van der Waals surface area contributed by atoms with Gasteiger partial charge in [-0.3, -0.25) is 4.79 Å². The van der Waals surface area contributed by atoms with E-state index in [2.05, 4.69) is 5.32 Å². The molecule has 0 aromatic heterocycles. The number of hydrogen-bond donors (Lipinski definition) is 1. The zero-order valence-electron chi connectivity index (χ0n) is 16.0. The Balaban J connectivity index is 1.72. The van der Waals surface area contributed by atoms with Gasteiger partial charge in [-0.25, -0.2) is 4.79 Å². The fourth-order valence-electron chi connectivity index (χ4n) is 3.21. The normalized spacial score (nSPS) is 11.6. The lowest BCUT2D eigenvalue weighted by Crippen LogP contribution is -2.43. The summed E-state index contributed by atoms with van der Waals surface area (Å²) in [6.07, 6.45) is 0.477. The largest absolute Gasteiger partial charge is 0.496 e. The van der Waals surface area contributed by atoms with Crippen LogP contribution in [0.25, 0.3) is 10.8 Å². The highest BCUT2D eigenvalue weighted by Gasteiger charge is 2.23. The molecule has 1 amide bonds. The first-order chi connectivity index (χ1) is 13.6. The molecule has 3 aromatic rings. The highest BCUT2D eigenvalue weighted by molar-refractivity contribution is 5.88. The number of esters is 1. The molecule has 1 N–H and O–H groups in total. The summed E-state index contributed by atoms with van der Waals surface area (Å²) in [6.45, 7) is 0. The molecule has 0 aliphatic heterocycles. The lowest BCUT2D eigenvalue weighted by Gasteiger charge is -2.18. The molecule has 0 heterocycles. The molecule has 0 fully saturated rings. The van der Waals surface area contributed by atoms with Crippen molar-refractivity contribution in [2.45, 2.75) is 18.9 Å². The summed E-state index contributed by atoms with van der Waals surface area (Å²) in [6, 6.07) is 20.5. The van der Waals surface area contributed by atoms with Gasteiger partial charge in [-0.15, -0.1) is 0 Å². The van der Waals surface area contributed by atoms with Crippen LogP contribution in [0.5, 0.6) is 5.75 Å². The van der Waals surface area contributed by atoms with Crippen LogP contribution in [0.3, 0.4) is 0 Å². The molecule has 0 radical (unpaired) electrons. The molecular formula is C23H23NO4. The fraction of sp³-hybridized carbons (Fsp3) is 0.217. The number of rotatable bonds is 7. The molecule has 1 atom stereocenters. The number of carbonyl (C=O) groups is 2. The minimum absolute atomic E-state index is 0.185. The van der Waals surface area contributed by atoms with Crippen molar-refractivity contribution in [2.24, 2.45) is 0 Å². The topological polar surface area (TPSA) is 64.6 Å². The minimum Gasteiger partial charge on any atom is -0.496 e. The first-order valence-corrected chi connectivity index (χ1v) is 9.07. The molecule has 3 rings (SSSR count). The van der Waals surface area contributed by atoms with Crippen molar-refractivity contribution in [3.8, 4) is 5.75 Å². The maximum Gasteiger partial charge on any atom is 0.328 e. The van der Waals surface area contributed by atoms with E-state index < -0.39 is 12.0 Å². The Labute approximate surface area is 164 Å². The predicted octanol–water partition coefficient (Wildman–Crippen LogP) is 3.29. The third kappa shape index (κ3) is 4.68. The van der Waals surface area contributed by atoms with Gasteiger partial charge in [-0.05, 0) is 28.0 Å². The molecule has 5 nitrogen and oxygen atoms in total. The van der Waals surface area contributed by atoms with E-state index in [1.807, 2.05) is 66.7 Å². The Kier molecular flexibility index (Phi) is 6.27. The smallest absolute Gasteiger partial charge is 0.328 e. The van der Waals surface area contributed by atoms with Crippen molar-refractivity contribution in [3.05, 3.63) is 77.9 Å². The van der Waals surface area contributed by atoms with Crippen molar-refractivity contribution in [1.82, 2.24) is 5.32 Å². The maximum absolute atomic E-state index is 12.6. The van der Waals surface area contributed by atoms with Crippen LogP contribution >= 0.6 is 0 Å². The molecule has 5 heteroatoms. The number of amides is 1. The second-order valence-electron chi connectivity index (χ2n) is 6.52. The van der Waals surface area contributed by atoms with E-state index in [-0.39, 0.29) is 12.3 Å². The van der Waals surface area contributed by atoms with E-state index in [1.165, 1.54) is 7.11 Å². The number of hydrogen-bond acceptors (Lipinski definition) is 4. The van der Waals surface area contributed by atoms with Gasteiger partial charge in [0.2, 0.25) is 5.91 Å². The molecule has 0 spiro atoms. The second kappa shape index (κ2) is 9.04. The van der Waals surface area contributed by atoms with E-state index in [1.54, 1.807) is 7.11 Å². The van der Waals surface area contributed by atoms with Crippen LogP contribution < -0.4 is 10.1 Å². The first-order valence-electron chi connectivity index (χ1n) is 9.07. The Morgan fingerprint density at radius 2 is 1.64 bits per heavy atom. The number of methoxy groups -OCH3 is 2. The Bertz CT molecular complexity index is 983. The number of para-hydroxylation sites is 1. The van der Waals surface area contributed by atoms with Crippen LogP contribution in [0.1, 0.15) is 11.1 Å². The van der Waals surface area contributed by atoms with Crippen LogP contribution in [0.2, 0.25) is 0 Å². The van der Waals surface area contributed by atoms with Crippen LogP contribution in [-0.2, 0) is 27.2 Å². The second-order valence-corrected chi connectivity index (χ2v) is 6.52. The zero-order valence-corrected chi connectivity index (χ0v) is 16.0. The van der Waals surface area contributed by atoms with Gasteiger partial charge in [0.15, 0.2) is 0 Å². The van der Waals surface area contributed by atoms with E-state index in [0.717, 1.165) is 21.9 Å². The summed E-state index contributed by atoms with van der Waals surface area (Å²) in [4.78, 5) is 24.8. The average Bonchev–Trinajstić information content (AvgIpc) is 2.73. The van der Waals surface area contributed by atoms with Gasteiger partial charge in [0.05, 0.1) is 20.6 Å². The summed E-state index contributed by atoms with van der Waals surface area (Å²) in [5.74, 6) is -0.0569. The molecule has 0 saturated heterocycles. The number of benzene rings is 3. The van der Waals surface area contributed by atoms with Crippen molar-refractivity contribution in [3.63, 3.8) is 0 Å². The SMILES string of the molecule is COC(=O)[C@H](Cc1ccccc1OC)NC(=O)Cc1ccc2ccccc2c1. The Hall–Kier alpha value is -3.34. The monoisotopic (exact) mass is 377 g/mol. The van der Waals surface area contributed by atoms with E-state index in [0.29, 0.717) is 12.2 Å². The van der Waals surface area contributed by atoms with Gasteiger partial charge in [0, 0.05) is 6.42 Å². The third-order valence-electron chi connectivity index (χ3n) is 4.62. The molecule has 0 aliphatic carbocycles. The summed E-state index contributed by atoms with van der Waals surface area (Å²) in [5.41, 5.74) is 1.71. The number of nitrogens with one attached hydrogen (secondary N) is 1. The number of ether oxygens (including phenoxy) is 2. The fourth-order valence-corrected chi connectivity index (χ4v) is 3.21. The molecule has 28 heavy (non-hydrogen) atoms. The zero-order chi connectivity index (χ0) is 19.9. The van der Waals surface area contributed by atoms with Crippen LogP contribution in [0.15, 0.2) is 66.7 Å². The summed E-state index contributed by atoms with van der Waals surface area (Å²) >= 11 is 0. The van der Waals surface area contributed by atoms with E-state index in [4.69, 9.17) is 9.47 Å². The first kappa shape index (κ1) is 19.4. The molecule has 144 valence electrons. The van der Waals surface area contributed by atoms with E-state index >= 15 is 0 Å². The highest BCUT2D eigenvalue weighted by atomic mass is 16.5. The van der Waals surface area contributed by atoms with E-state index in [9.17, 15) is 9.59 Å². The van der Waals surface area contributed by atoms with Crippen LogP contribution in [0.4, 0.5) is 0 Å². The average molecular weight is 377 g/mol. The summed E-state index contributed by atoms with van der Waals surface area (Å²) in [7, 11) is 2.89. The van der Waals surface area contributed by atoms with Gasteiger partial charge in [-0.2, -0.15) is 0 Å². The molecule has 0 aliphatic rings. The molecular weight excluding hydrogens is 354 g/mol. The Morgan fingerprint density at radius 1 is 0.929 bits per heavy atom. The predicted molar refractivity (Wildman–Crippen MR) is 108 cm³/mol. The molecule has 3 aromatic carbocycles. The van der Waals surface area contributed by atoms with Crippen LogP contribution in [0, 0.1) is 0 Å². The van der Waals surface area contributed by atoms with Gasteiger partial charge >= 0.3 is 5.97 Å². The van der Waals surface area contributed by atoms with Gasteiger partial charge < -0.3 is 14.8 Å². The molecule has 0 saturated carbocycles. The van der Waals surface area contributed by atoms with Gasteiger partial charge in [-0.1, -0.05) is 60.7 Å². The lowest BCUT2D eigenvalue weighted by atomic mass is 10.0. The summed E-state index contributed by atoms with van der Waals surface area (Å²) in [5, 5.41) is 4.99. The number of fused-ring (bicyclic) bond motifs is 1. The summed E-state index contributed by atoms with van der Waals surface area (Å²) < 4.78 is 10.2. The van der Waals surface area contributed by atoms with Crippen molar-refractivity contribution < 1.29 is 19.1 Å². The van der Waals surface area contributed by atoms with Crippen molar-refractivity contribution in [2.75, 3.05) is 14.2 Å². The maximum atomic E-state index is 12.6. The number of carbonyl (C=O) groups excluding carboxylic acids is 2. The molecule has 0 bridgehead atoms.